The lowest BCUT2D eigenvalue weighted by molar-refractivity contribution is 1.14. The predicted octanol–water partition coefficient (Wildman–Crippen LogP) is 3.92. The van der Waals surface area contributed by atoms with Gasteiger partial charge < -0.3 is 11.1 Å². The first-order chi connectivity index (χ1) is 9.93. The summed E-state index contributed by atoms with van der Waals surface area (Å²) in [7, 11) is 0. The Bertz CT molecular complexity index is 595. The van der Waals surface area contributed by atoms with E-state index in [1.54, 1.807) is 6.92 Å². The topological polar surface area (TPSA) is 73.7 Å². The number of hydrogen-bond acceptors (Lipinski definition) is 2. The zero-order valence-electron chi connectivity index (χ0n) is 12.9. The molecule has 0 aromatic heterocycles. The third-order valence-corrected chi connectivity index (χ3v) is 3.16. The van der Waals surface area contributed by atoms with Crippen molar-refractivity contribution >= 4 is 11.5 Å². The van der Waals surface area contributed by atoms with Gasteiger partial charge >= 0.3 is 0 Å². The number of benzene rings is 2. The lowest BCUT2D eigenvalue weighted by Gasteiger charge is -1.98. The van der Waals surface area contributed by atoms with Crippen LogP contribution < -0.4 is 5.73 Å². The van der Waals surface area contributed by atoms with E-state index in [0.717, 1.165) is 17.5 Å². The molecule has 21 heavy (non-hydrogen) atoms. The molecule has 3 heteroatoms. The van der Waals surface area contributed by atoms with Crippen molar-refractivity contribution in [3.05, 3.63) is 70.8 Å². The molecule has 0 aliphatic heterocycles. The number of nitrogens with one attached hydrogen (secondary N) is 2. The molecule has 0 aliphatic rings. The van der Waals surface area contributed by atoms with Gasteiger partial charge in [0.05, 0.1) is 0 Å². The first-order valence-electron chi connectivity index (χ1n) is 6.99. The third kappa shape index (κ3) is 5.61. The number of nitrogen functional groups attached to an aromatic ring is 1. The molecule has 0 amide bonds. The highest BCUT2D eigenvalue weighted by molar-refractivity contribution is 5.96. The summed E-state index contributed by atoms with van der Waals surface area (Å²) in [5.41, 5.74) is 10.2. The summed E-state index contributed by atoms with van der Waals surface area (Å²) in [6.45, 7) is 5.94. The Labute approximate surface area is 126 Å². The average Bonchev–Trinajstić information content (AvgIpc) is 2.48. The summed E-state index contributed by atoms with van der Waals surface area (Å²) in [6, 6.07) is 15.7. The Hall–Kier alpha value is -2.42. The van der Waals surface area contributed by atoms with E-state index in [0.29, 0.717) is 5.71 Å². The molecule has 0 atom stereocenters. The van der Waals surface area contributed by atoms with Crippen molar-refractivity contribution in [3.63, 3.8) is 0 Å². The minimum absolute atomic E-state index is 0.125. The summed E-state index contributed by atoms with van der Waals surface area (Å²) < 4.78 is 0. The van der Waals surface area contributed by atoms with Crippen molar-refractivity contribution in [1.82, 2.24) is 0 Å². The molecule has 0 spiro atoms. The smallest absolute Gasteiger partial charge is 0.122 e. The van der Waals surface area contributed by atoms with Crippen LogP contribution in [-0.2, 0) is 6.42 Å². The molecular weight excluding hydrogens is 258 g/mol. The first kappa shape index (κ1) is 16.6. The quantitative estimate of drug-likeness (QED) is 0.579. The van der Waals surface area contributed by atoms with Crippen molar-refractivity contribution in [2.45, 2.75) is 27.2 Å². The van der Waals surface area contributed by atoms with Gasteiger partial charge in [0, 0.05) is 11.3 Å². The van der Waals surface area contributed by atoms with Gasteiger partial charge in [-0.3, -0.25) is 5.41 Å². The first-order valence-corrected chi connectivity index (χ1v) is 6.99. The zero-order valence-corrected chi connectivity index (χ0v) is 12.9. The van der Waals surface area contributed by atoms with Gasteiger partial charge in [0.25, 0.3) is 0 Å². The van der Waals surface area contributed by atoms with Gasteiger partial charge in [0.1, 0.15) is 5.84 Å². The van der Waals surface area contributed by atoms with Gasteiger partial charge in [0.2, 0.25) is 0 Å². The molecular formula is C18H23N3. The van der Waals surface area contributed by atoms with Crippen LogP contribution in [0.25, 0.3) is 0 Å². The molecule has 3 nitrogen and oxygen atoms in total. The van der Waals surface area contributed by atoms with Gasteiger partial charge in [0.15, 0.2) is 0 Å². The summed E-state index contributed by atoms with van der Waals surface area (Å²) in [5.74, 6) is 0.125. The number of rotatable bonds is 3. The van der Waals surface area contributed by atoms with E-state index in [1.807, 2.05) is 43.3 Å². The van der Waals surface area contributed by atoms with Crippen molar-refractivity contribution in [3.8, 4) is 0 Å². The second kappa shape index (κ2) is 8.00. The fraction of sp³-hybridized carbons (Fsp3) is 0.222. The molecule has 2 aromatic carbocycles. The minimum atomic E-state index is 0.125. The van der Waals surface area contributed by atoms with E-state index in [2.05, 4.69) is 19.1 Å². The van der Waals surface area contributed by atoms with E-state index in [4.69, 9.17) is 16.6 Å². The molecule has 110 valence electrons. The number of amidine groups is 1. The van der Waals surface area contributed by atoms with E-state index < -0.39 is 0 Å². The average molecular weight is 281 g/mol. The molecule has 2 aromatic rings. The van der Waals surface area contributed by atoms with Gasteiger partial charge in [-0.15, -0.1) is 0 Å². The predicted molar refractivity (Wildman–Crippen MR) is 90.5 cm³/mol. The summed E-state index contributed by atoms with van der Waals surface area (Å²) in [6.07, 6.45) is 1.07. The van der Waals surface area contributed by atoms with E-state index >= 15 is 0 Å². The zero-order chi connectivity index (χ0) is 15.8. The largest absolute Gasteiger partial charge is 0.384 e. The summed E-state index contributed by atoms with van der Waals surface area (Å²) in [5, 5.41) is 14.4. The lowest BCUT2D eigenvalue weighted by atomic mass is 10.1. The molecule has 0 bridgehead atoms. The molecule has 0 aliphatic carbocycles. The van der Waals surface area contributed by atoms with Crippen LogP contribution >= 0.6 is 0 Å². The monoisotopic (exact) mass is 281 g/mol. The van der Waals surface area contributed by atoms with Crippen molar-refractivity contribution in [1.29, 1.82) is 10.8 Å². The van der Waals surface area contributed by atoms with Gasteiger partial charge in [-0.2, -0.15) is 0 Å². The van der Waals surface area contributed by atoms with Crippen LogP contribution in [-0.4, -0.2) is 11.5 Å². The molecule has 0 heterocycles. The van der Waals surface area contributed by atoms with Crippen LogP contribution in [0.15, 0.2) is 48.5 Å². The maximum atomic E-state index is 7.36. The van der Waals surface area contributed by atoms with Gasteiger partial charge in [-0.1, -0.05) is 61.0 Å². The normalized spacial score (nSPS) is 9.48. The fourth-order valence-corrected chi connectivity index (χ4v) is 1.72. The Morgan fingerprint density at radius 1 is 0.905 bits per heavy atom. The summed E-state index contributed by atoms with van der Waals surface area (Å²) in [4.78, 5) is 0. The molecule has 4 N–H and O–H groups in total. The van der Waals surface area contributed by atoms with E-state index in [-0.39, 0.29) is 5.84 Å². The van der Waals surface area contributed by atoms with Crippen molar-refractivity contribution < 1.29 is 0 Å². The highest BCUT2D eigenvalue weighted by Gasteiger charge is 1.93. The molecule has 0 unspecified atom stereocenters. The Morgan fingerprint density at radius 2 is 1.38 bits per heavy atom. The SMILES string of the molecule is CCc1ccc(C(C)=N)cc1.Cc1ccc(C(=N)N)cc1. The number of hydrogen-bond donors (Lipinski definition) is 3. The second-order valence-electron chi connectivity index (χ2n) is 4.96. The summed E-state index contributed by atoms with van der Waals surface area (Å²) >= 11 is 0. The maximum Gasteiger partial charge on any atom is 0.122 e. The molecule has 0 saturated heterocycles. The fourth-order valence-electron chi connectivity index (χ4n) is 1.72. The van der Waals surface area contributed by atoms with Gasteiger partial charge in [-0.25, -0.2) is 0 Å². The Kier molecular flexibility index (Phi) is 6.34. The van der Waals surface area contributed by atoms with Gasteiger partial charge in [-0.05, 0) is 31.4 Å². The maximum absolute atomic E-state index is 7.36. The minimum Gasteiger partial charge on any atom is -0.384 e. The van der Waals surface area contributed by atoms with Crippen LogP contribution in [0.1, 0.15) is 36.1 Å². The third-order valence-electron chi connectivity index (χ3n) is 3.16. The highest BCUT2D eigenvalue weighted by atomic mass is 14.7. The van der Waals surface area contributed by atoms with Crippen LogP contribution in [0.5, 0.6) is 0 Å². The highest BCUT2D eigenvalue weighted by Crippen LogP contribution is 2.05. The van der Waals surface area contributed by atoms with Crippen LogP contribution in [0.4, 0.5) is 0 Å². The second-order valence-corrected chi connectivity index (χ2v) is 4.96. The van der Waals surface area contributed by atoms with E-state index in [9.17, 15) is 0 Å². The number of nitrogens with two attached hydrogens (primary N) is 1. The Morgan fingerprint density at radius 3 is 1.76 bits per heavy atom. The molecule has 0 saturated carbocycles. The molecule has 0 fully saturated rings. The van der Waals surface area contributed by atoms with Crippen molar-refractivity contribution in [2.24, 2.45) is 5.73 Å². The van der Waals surface area contributed by atoms with Crippen LogP contribution in [0.2, 0.25) is 0 Å². The van der Waals surface area contributed by atoms with Crippen LogP contribution in [0, 0.1) is 17.7 Å². The lowest BCUT2D eigenvalue weighted by Crippen LogP contribution is -2.10. The number of aryl methyl sites for hydroxylation is 2. The standard InChI is InChI=1S/C10H13N.C8H10N2/c1-3-9-4-6-10(7-5-9)8(2)11;1-6-2-4-7(5-3-6)8(9)10/h4-7,11H,3H2,1-2H3;2-5H,1H3,(H3,9,10). The Balaban J connectivity index is 0.000000211. The molecule has 2 rings (SSSR count). The van der Waals surface area contributed by atoms with Crippen molar-refractivity contribution in [2.75, 3.05) is 0 Å². The molecule has 0 radical (unpaired) electrons. The van der Waals surface area contributed by atoms with E-state index in [1.165, 1.54) is 11.1 Å². The van der Waals surface area contributed by atoms with Crippen LogP contribution in [0.3, 0.4) is 0 Å².